The van der Waals surface area contributed by atoms with E-state index in [0.717, 1.165) is 37.9 Å². The molecule has 19 heavy (non-hydrogen) atoms. The molecule has 108 valence electrons. The summed E-state index contributed by atoms with van der Waals surface area (Å²) < 4.78 is 37.4. The minimum Gasteiger partial charge on any atom is -0.317 e. The van der Waals surface area contributed by atoms with Crippen LogP contribution < -0.4 is 5.32 Å². The summed E-state index contributed by atoms with van der Waals surface area (Å²) >= 11 is 0. The molecule has 0 radical (unpaired) electrons. The van der Waals surface area contributed by atoms with E-state index in [1.54, 1.807) is 12.1 Å². The Kier molecular flexibility index (Phi) is 6.35. The molecule has 1 atom stereocenters. The van der Waals surface area contributed by atoms with Gasteiger partial charge in [-0.15, -0.1) is 0 Å². The van der Waals surface area contributed by atoms with E-state index < -0.39 is 11.7 Å². The number of nitrogens with one attached hydrogen (secondary N) is 1. The second kappa shape index (κ2) is 7.53. The number of hydrogen-bond donors (Lipinski definition) is 1. The summed E-state index contributed by atoms with van der Waals surface area (Å²) in [7, 11) is 0. The molecule has 1 unspecified atom stereocenters. The molecule has 1 N–H and O–H groups in total. The van der Waals surface area contributed by atoms with Crippen molar-refractivity contribution in [3.63, 3.8) is 0 Å². The summed E-state index contributed by atoms with van der Waals surface area (Å²) in [6.07, 6.45) is -1.23. The van der Waals surface area contributed by atoms with Crippen molar-refractivity contribution in [2.75, 3.05) is 13.1 Å². The summed E-state index contributed by atoms with van der Waals surface area (Å²) in [4.78, 5) is 0. The molecule has 1 aromatic carbocycles. The third kappa shape index (κ3) is 5.64. The number of benzene rings is 1. The first-order chi connectivity index (χ1) is 8.97. The molecule has 0 aliphatic rings. The summed E-state index contributed by atoms with van der Waals surface area (Å²) in [6.45, 7) is 6.03. The monoisotopic (exact) mass is 273 g/mol. The maximum absolute atomic E-state index is 12.5. The molecule has 1 nitrogen and oxygen atoms in total. The first-order valence-electron chi connectivity index (χ1n) is 6.84. The van der Waals surface area contributed by atoms with Crippen molar-refractivity contribution in [3.05, 3.63) is 35.4 Å². The predicted octanol–water partition coefficient (Wildman–Crippen LogP) is 4.27. The van der Waals surface area contributed by atoms with Crippen molar-refractivity contribution in [2.24, 2.45) is 5.92 Å². The van der Waals surface area contributed by atoms with Crippen LogP contribution in [0, 0.1) is 5.92 Å². The van der Waals surface area contributed by atoms with E-state index in [-0.39, 0.29) is 0 Å². The Bertz CT molecular complexity index is 357. The molecule has 0 spiro atoms. The lowest BCUT2D eigenvalue weighted by molar-refractivity contribution is -0.137. The smallest absolute Gasteiger partial charge is 0.317 e. The third-order valence-corrected chi connectivity index (χ3v) is 3.19. The number of alkyl halides is 3. The van der Waals surface area contributed by atoms with Crippen molar-refractivity contribution < 1.29 is 13.2 Å². The topological polar surface area (TPSA) is 12.0 Å². The molecule has 0 bridgehead atoms. The second-order valence-electron chi connectivity index (χ2n) is 4.86. The van der Waals surface area contributed by atoms with Crippen LogP contribution in [0.15, 0.2) is 24.3 Å². The Hall–Kier alpha value is -1.03. The van der Waals surface area contributed by atoms with Crippen LogP contribution in [0.2, 0.25) is 0 Å². The zero-order valence-electron chi connectivity index (χ0n) is 11.6. The molecule has 1 aromatic rings. The maximum Gasteiger partial charge on any atom is 0.416 e. The van der Waals surface area contributed by atoms with Gasteiger partial charge in [-0.05, 0) is 49.5 Å². The van der Waals surface area contributed by atoms with Crippen LogP contribution in [-0.2, 0) is 12.6 Å². The number of hydrogen-bond acceptors (Lipinski definition) is 1. The van der Waals surface area contributed by atoms with Crippen molar-refractivity contribution >= 4 is 0 Å². The zero-order chi connectivity index (χ0) is 14.3. The fourth-order valence-electron chi connectivity index (χ4n) is 2.20. The molecular weight excluding hydrogens is 251 g/mol. The van der Waals surface area contributed by atoms with E-state index in [2.05, 4.69) is 19.2 Å². The minimum atomic E-state index is -4.24. The van der Waals surface area contributed by atoms with Crippen LogP contribution in [-0.4, -0.2) is 13.1 Å². The highest BCUT2D eigenvalue weighted by Gasteiger charge is 2.29. The molecular formula is C15H22F3N. The predicted molar refractivity (Wildman–Crippen MR) is 72.1 cm³/mol. The van der Waals surface area contributed by atoms with Crippen LogP contribution >= 0.6 is 0 Å². The normalized spacial score (nSPS) is 13.5. The van der Waals surface area contributed by atoms with Crippen molar-refractivity contribution in [2.45, 2.75) is 39.3 Å². The summed E-state index contributed by atoms with van der Waals surface area (Å²) in [5, 5.41) is 3.31. The van der Waals surface area contributed by atoms with E-state index in [9.17, 15) is 13.2 Å². The zero-order valence-corrected chi connectivity index (χ0v) is 11.6. The van der Waals surface area contributed by atoms with E-state index in [1.165, 1.54) is 12.1 Å². The molecule has 0 saturated heterocycles. The molecule has 0 aliphatic heterocycles. The fourth-order valence-corrected chi connectivity index (χ4v) is 2.20. The largest absolute Gasteiger partial charge is 0.416 e. The molecule has 0 heterocycles. The summed E-state index contributed by atoms with van der Waals surface area (Å²) in [6, 6.07) is 5.53. The van der Waals surface area contributed by atoms with Gasteiger partial charge in [0.15, 0.2) is 0 Å². The van der Waals surface area contributed by atoms with Crippen molar-refractivity contribution in [1.82, 2.24) is 5.32 Å². The third-order valence-electron chi connectivity index (χ3n) is 3.19. The van der Waals surface area contributed by atoms with Crippen molar-refractivity contribution in [3.8, 4) is 0 Å². The Morgan fingerprint density at radius 3 is 2.21 bits per heavy atom. The Morgan fingerprint density at radius 1 is 1.11 bits per heavy atom. The molecule has 0 saturated carbocycles. The van der Waals surface area contributed by atoms with Gasteiger partial charge in [0.05, 0.1) is 5.56 Å². The second-order valence-corrected chi connectivity index (χ2v) is 4.86. The highest BCUT2D eigenvalue weighted by Crippen LogP contribution is 2.29. The molecule has 0 aliphatic carbocycles. The van der Waals surface area contributed by atoms with Gasteiger partial charge in [-0.25, -0.2) is 0 Å². The van der Waals surface area contributed by atoms with E-state index in [1.807, 2.05) is 0 Å². The standard InChI is InChI=1S/C15H22F3N/c1-3-5-13(11-19-4-2)10-12-6-8-14(9-7-12)15(16,17)18/h6-9,13,19H,3-5,10-11H2,1-2H3. The number of rotatable bonds is 7. The van der Waals surface area contributed by atoms with E-state index >= 15 is 0 Å². The van der Waals surface area contributed by atoms with Gasteiger partial charge in [0.2, 0.25) is 0 Å². The SMILES string of the molecule is CCCC(CNCC)Cc1ccc(C(F)(F)F)cc1. The lowest BCUT2D eigenvalue weighted by Crippen LogP contribution is -2.24. The maximum atomic E-state index is 12.5. The van der Waals surface area contributed by atoms with Crippen LogP contribution in [0.4, 0.5) is 13.2 Å². The Balaban J connectivity index is 2.64. The molecule has 1 rings (SSSR count). The van der Waals surface area contributed by atoms with Crippen molar-refractivity contribution in [1.29, 1.82) is 0 Å². The number of halogens is 3. The average molecular weight is 273 g/mol. The molecule has 4 heteroatoms. The van der Waals surface area contributed by atoms with Crippen LogP contribution in [0.25, 0.3) is 0 Å². The average Bonchev–Trinajstić information content (AvgIpc) is 2.36. The highest BCUT2D eigenvalue weighted by atomic mass is 19.4. The summed E-state index contributed by atoms with van der Waals surface area (Å²) in [5.74, 6) is 0.488. The molecule has 0 fully saturated rings. The Morgan fingerprint density at radius 2 is 1.74 bits per heavy atom. The van der Waals surface area contributed by atoms with E-state index in [0.29, 0.717) is 5.92 Å². The summed E-state index contributed by atoms with van der Waals surface area (Å²) in [5.41, 5.74) is 0.402. The van der Waals surface area contributed by atoms with Gasteiger partial charge >= 0.3 is 6.18 Å². The first-order valence-corrected chi connectivity index (χ1v) is 6.84. The van der Waals surface area contributed by atoms with Gasteiger partial charge in [-0.1, -0.05) is 32.4 Å². The lowest BCUT2D eigenvalue weighted by Gasteiger charge is -2.17. The van der Waals surface area contributed by atoms with Gasteiger partial charge in [0.1, 0.15) is 0 Å². The van der Waals surface area contributed by atoms with Crippen LogP contribution in [0.5, 0.6) is 0 Å². The van der Waals surface area contributed by atoms with Gasteiger partial charge in [-0.3, -0.25) is 0 Å². The Labute approximate surface area is 113 Å². The molecule has 0 aromatic heterocycles. The minimum absolute atomic E-state index is 0.488. The first kappa shape index (κ1) is 16.0. The van der Waals surface area contributed by atoms with Gasteiger partial charge in [0, 0.05) is 0 Å². The quantitative estimate of drug-likeness (QED) is 0.782. The van der Waals surface area contributed by atoms with Gasteiger partial charge in [0.25, 0.3) is 0 Å². The van der Waals surface area contributed by atoms with Gasteiger partial charge < -0.3 is 5.32 Å². The highest BCUT2D eigenvalue weighted by molar-refractivity contribution is 5.24. The van der Waals surface area contributed by atoms with E-state index in [4.69, 9.17) is 0 Å². The van der Waals surface area contributed by atoms with Gasteiger partial charge in [-0.2, -0.15) is 13.2 Å². The fraction of sp³-hybridized carbons (Fsp3) is 0.600. The van der Waals surface area contributed by atoms with Crippen LogP contribution in [0.1, 0.15) is 37.8 Å². The lowest BCUT2D eigenvalue weighted by atomic mass is 9.94. The molecule has 0 amide bonds. The van der Waals surface area contributed by atoms with Crippen LogP contribution in [0.3, 0.4) is 0 Å².